The summed E-state index contributed by atoms with van der Waals surface area (Å²) in [5, 5.41) is 16.8. The lowest BCUT2D eigenvalue weighted by Crippen LogP contribution is -2.19. The summed E-state index contributed by atoms with van der Waals surface area (Å²) in [6.07, 6.45) is 1.24. The molecule has 2 rings (SSSR count). The SMILES string of the molecule is CC(C)C(=O)Nc1ccc(C(=O)N/N=C/c2cc(Cl)cc(Cl)c2O)cc1. The van der Waals surface area contributed by atoms with E-state index in [-0.39, 0.29) is 28.2 Å². The van der Waals surface area contributed by atoms with Crippen molar-refractivity contribution in [2.75, 3.05) is 5.32 Å². The van der Waals surface area contributed by atoms with Crippen LogP contribution in [0.25, 0.3) is 0 Å². The number of hydrogen-bond acceptors (Lipinski definition) is 4. The topological polar surface area (TPSA) is 90.8 Å². The van der Waals surface area contributed by atoms with Gasteiger partial charge in [0.1, 0.15) is 5.75 Å². The van der Waals surface area contributed by atoms with Gasteiger partial charge in [0.15, 0.2) is 0 Å². The third kappa shape index (κ3) is 5.21. The number of halogens is 2. The number of aromatic hydroxyl groups is 1. The Labute approximate surface area is 160 Å². The third-order valence-electron chi connectivity index (χ3n) is 3.37. The fraction of sp³-hybridized carbons (Fsp3) is 0.167. The molecule has 0 saturated carbocycles. The van der Waals surface area contributed by atoms with E-state index in [1.807, 2.05) is 0 Å². The Bertz CT molecular complexity index is 850. The van der Waals surface area contributed by atoms with Gasteiger partial charge in [0, 0.05) is 27.8 Å². The molecule has 0 aliphatic carbocycles. The molecule has 0 aliphatic rings. The summed E-state index contributed by atoms with van der Waals surface area (Å²) >= 11 is 11.7. The fourth-order valence-corrected chi connectivity index (χ4v) is 2.41. The van der Waals surface area contributed by atoms with Gasteiger partial charge < -0.3 is 10.4 Å². The summed E-state index contributed by atoms with van der Waals surface area (Å²) in [6, 6.07) is 9.24. The highest BCUT2D eigenvalue weighted by molar-refractivity contribution is 6.36. The molecule has 2 amide bonds. The zero-order valence-corrected chi connectivity index (χ0v) is 15.6. The first-order valence-electron chi connectivity index (χ1n) is 7.70. The van der Waals surface area contributed by atoms with E-state index < -0.39 is 5.91 Å². The molecule has 26 heavy (non-hydrogen) atoms. The Morgan fingerprint density at radius 1 is 1.15 bits per heavy atom. The van der Waals surface area contributed by atoms with Crippen molar-refractivity contribution in [3.05, 3.63) is 57.6 Å². The van der Waals surface area contributed by atoms with E-state index in [0.29, 0.717) is 16.3 Å². The van der Waals surface area contributed by atoms with Crippen LogP contribution in [0, 0.1) is 5.92 Å². The van der Waals surface area contributed by atoms with Crippen molar-refractivity contribution in [3.63, 3.8) is 0 Å². The number of nitrogens with zero attached hydrogens (tertiary/aromatic N) is 1. The second-order valence-corrected chi connectivity index (χ2v) is 6.59. The molecule has 0 radical (unpaired) electrons. The van der Waals surface area contributed by atoms with Crippen LogP contribution < -0.4 is 10.7 Å². The molecular weight excluding hydrogens is 377 g/mol. The zero-order valence-electron chi connectivity index (χ0n) is 14.1. The largest absolute Gasteiger partial charge is 0.506 e. The number of anilines is 1. The van der Waals surface area contributed by atoms with Crippen molar-refractivity contribution in [3.8, 4) is 5.75 Å². The normalized spacial score (nSPS) is 11.0. The summed E-state index contributed by atoms with van der Waals surface area (Å²) < 4.78 is 0. The molecule has 0 aromatic heterocycles. The maximum atomic E-state index is 12.1. The van der Waals surface area contributed by atoms with Crippen molar-refractivity contribution < 1.29 is 14.7 Å². The maximum Gasteiger partial charge on any atom is 0.271 e. The smallest absolute Gasteiger partial charge is 0.271 e. The highest BCUT2D eigenvalue weighted by Crippen LogP contribution is 2.29. The van der Waals surface area contributed by atoms with Crippen LogP contribution in [-0.4, -0.2) is 23.1 Å². The van der Waals surface area contributed by atoms with Gasteiger partial charge in [-0.15, -0.1) is 0 Å². The van der Waals surface area contributed by atoms with Crippen molar-refractivity contribution in [2.24, 2.45) is 11.0 Å². The van der Waals surface area contributed by atoms with Gasteiger partial charge in [-0.2, -0.15) is 5.10 Å². The Morgan fingerprint density at radius 3 is 2.42 bits per heavy atom. The predicted octanol–water partition coefficient (Wildman–Crippen LogP) is 4.06. The van der Waals surface area contributed by atoms with Crippen LogP contribution in [0.3, 0.4) is 0 Å². The maximum absolute atomic E-state index is 12.1. The van der Waals surface area contributed by atoms with Gasteiger partial charge in [-0.05, 0) is 36.4 Å². The molecule has 0 bridgehead atoms. The van der Waals surface area contributed by atoms with Crippen LogP contribution >= 0.6 is 23.2 Å². The number of nitrogens with one attached hydrogen (secondary N) is 2. The van der Waals surface area contributed by atoms with Gasteiger partial charge in [-0.3, -0.25) is 9.59 Å². The van der Waals surface area contributed by atoms with Crippen molar-refractivity contribution in [2.45, 2.75) is 13.8 Å². The standard InChI is InChI=1S/C18H17Cl2N3O3/c1-10(2)17(25)22-14-5-3-11(4-6-14)18(26)23-21-9-12-7-13(19)8-15(20)16(12)24/h3-10,24H,1-2H3,(H,22,25)(H,23,26)/b21-9+. The number of amides is 2. The highest BCUT2D eigenvalue weighted by atomic mass is 35.5. The van der Waals surface area contributed by atoms with Crippen molar-refractivity contribution in [1.82, 2.24) is 5.43 Å². The second kappa shape index (κ2) is 8.69. The van der Waals surface area contributed by atoms with Gasteiger partial charge in [0.2, 0.25) is 5.91 Å². The van der Waals surface area contributed by atoms with E-state index in [2.05, 4.69) is 15.8 Å². The first-order valence-corrected chi connectivity index (χ1v) is 8.46. The van der Waals surface area contributed by atoms with Crippen LogP contribution in [-0.2, 0) is 4.79 Å². The number of hydrogen-bond donors (Lipinski definition) is 3. The van der Waals surface area contributed by atoms with Crippen molar-refractivity contribution >= 4 is 46.9 Å². The van der Waals surface area contributed by atoms with Crippen LogP contribution in [0.4, 0.5) is 5.69 Å². The van der Waals surface area contributed by atoms with E-state index in [0.717, 1.165) is 0 Å². The fourth-order valence-electron chi connectivity index (χ4n) is 1.90. The molecular formula is C18H17Cl2N3O3. The highest BCUT2D eigenvalue weighted by Gasteiger charge is 2.09. The van der Waals surface area contributed by atoms with Gasteiger partial charge >= 0.3 is 0 Å². The van der Waals surface area contributed by atoms with E-state index >= 15 is 0 Å². The second-order valence-electron chi connectivity index (χ2n) is 5.75. The Kier molecular flexibility index (Phi) is 6.60. The molecule has 0 fully saturated rings. The molecule has 0 aliphatic heterocycles. The molecule has 0 unspecified atom stereocenters. The number of rotatable bonds is 5. The number of phenols is 1. The summed E-state index contributed by atoms with van der Waals surface area (Å²) in [6.45, 7) is 3.58. The molecule has 6 nitrogen and oxygen atoms in total. The molecule has 0 saturated heterocycles. The Hall–Kier alpha value is -2.57. The lowest BCUT2D eigenvalue weighted by molar-refractivity contribution is -0.118. The Morgan fingerprint density at radius 2 is 1.81 bits per heavy atom. The minimum absolute atomic E-state index is 0.0873. The first kappa shape index (κ1) is 19.8. The predicted molar refractivity (Wildman–Crippen MR) is 103 cm³/mol. The van der Waals surface area contributed by atoms with Crippen molar-refractivity contribution in [1.29, 1.82) is 0 Å². The summed E-state index contributed by atoms with van der Waals surface area (Å²) in [4.78, 5) is 23.7. The Balaban J connectivity index is 2.01. The van der Waals surface area contributed by atoms with Gasteiger partial charge in [0.05, 0.1) is 11.2 Å². The average Bonchev–Trinajstić information content (AvgIpc) is 2.59. The number of hydrazone groups is 1. The van der Waals surface area contributed by atoms with E-state index in [1.165, 1.54) is 18.3 Å². The van der Waals surface area contributed by atoms with Crippen LogP contribution in [0.1, 0.15) is 29.8 Å². The number of benzene rings is 2. The quantitative estimate of drug-likeness (QED) is 0.528. The number of carbonyl (C=O) groups is 2. The summed E-state index contributed by atoms with van der Waals surface area (Å²) in [7, 11) is 0. The minimum atomic E-state index is -0.449. The number of carbonyl (C=O) groups excluding carboxylic acids is 2. The van der Waals surface area contributed by atoms with E-state index in [1.54, 1.807) is 38.1 Å². The lowest BCUT2D eigenvalue weighted by Gasteiger charge is -2.08. The van der Waals surface area contributed by atoms with Gasteiger partial charge in [-0.1, -0.05) is 37.0 Å². The monoisotopic (exact) mass is 393 g/mol. The van der Waals surface area contributed by atoms with Crippen LogP contribution in [0.5, 0.6) is 5.75 Å². The summed E-state index contributed by atoms with van der Waals surface area (Å²) in [5.41, 5.74) is 3.57. The molecule has 0 spiro atoms. The lowest BCUT2D eigenvalue weighted by atomic mass is 10.1. The van der Waals surface area contributed by atoms with Crippen LogP contribution in [0.15, 0.2) is 41.5 Å². The zero-order chi connectivity index (χ0) is 19.3. The molecule has 8 heteroatoms. The molecule has 2 aromatic rings. The molecule has 0 heterocycles. The molecule has 3 N–H and O–H groups in total. The average molecular weight is 394 g/mol. The summed E-state index contributed by atoms with van der Waals surface area (Å²) in [5.74, 6) is -0.870. The molecule has 2 aromatic carbocycles. The number of phenolic OH excluding ortho intramolecular Hbond substituents is 1. The van der Waals surface area contributed by atoms with E-state index in [9.17, 15) is 14.7 Å². The third-order valence-corrected chi connectivity index (χ3v) is 3.87. The van der Waals surface area contributed by atoms with E-state index in [4.69, 9.17) is 23.2 Å². The molecule has 136 valence electrons. The van der Waals surface area contributed by atoms with Gasteiger partial charge in [0.25, 0.3) is 5.91 Å². The van der Waals surface area contributed by atoms with Crippen LogP contribution in [0.2, 0.25) is 10.0 Å². The van der Waals surface area contributed by atoms with Gasteiger partial charge in [-0.25, -0.2) is 5.43 Å². The first-order chi connectivity index (χ1) is 12.3. The minimum Gasteiger partial charge on any atom is -0.506 e. The molecule has 0 atom stereocenters.